The van der Waals surface area contributed by atoms with Gasteiger partial charge in [-0.15, -0.1) is 0 Å². The van der Waals surface area contributed by atoms with Gasteiger partial charge in [-0.1, -0.05) is 33.1 Å². The first-order chi connectivity index (χ1) is 8.30. The van der Waals surface area contributed by atoms with Gasteiger partial charge in [-0.2, -0.15) is 0 Å². The lowest BCUT2D eigenvalue weighted by molar-refractivity contribution is 0.112. The minimum atomic E-state index is 0.579. The van der Waals surface area contributed by atoms with Crippen molar-refractivity contribution in [2.45, 2.75) is 39.5 Å². The molecule has 1 aromatic heterocycles. The molecular formula is C14H21NO2. The Hall–Kier alpha value is -1.38. The van der Waals surface area contributed by atoms with Gasteiger partial charge in [0.1, 0.15) is 0 Å². The fraction of sp³-hybridized carbons (Fsp3) is 0.571. The van der Waals surface area contributed by atoms with Crippen LogP contribution in [-0.4, -0.2) is 17.9 Å². The molecule has 0 saturated heterocycles. The Morgan fingerprint density at radius 1 is 1.41 bits per heavy atom. The highest BCUT2D eigenvalue weighted by atomic mass is 16.5. The lowest BCUT2D eigenvalue weighted by Crippen LogP contribution is -2.11. The van der Waals surface area contributed by atoms with E-state index in [1.165, 1.54) is 25.5 Å². The average Bonchev–Trinajstić information content (AvgIpc) is 2.39. The molecule has 0 aliphatic heterocycles. The van der Waals surface area contributed by atoms with Gasteiger partial charge in [0.25, 0.3) is 0 Å². The van der Waals surface area contributed by atoms with Crippen LogP contribution in [0.25, 0.3) is 0 Å². The van der Waals surface area contributed by atoms with Crippen LogP contribution in [0, 0.1) is 5.92 Å². The Morgan fingerprint density at radius 2 is 2.24 bits per heavy atom. The predicted molar refractivity (Wildman–Crippen MR) is 68.4 cm³/mol. The molecule has 0 aromatic carbocycles. The topological polar surface area (TPSA) is 39.2 Å². The maximum Gasteiger partial charge on any atom is 0.213 e. The summed E-state index contributed by atoms with van der Waals surface area (Å²) in [7, 11) is 0. The van der Waals surface area contributed by atoms with Crippen molar-refractivity contribution in [1.82, 2.24) is 4.98 Å². The first kappa shape index (κ1) is 13.7. The quantitative estimate of drug-likeness (QED) is 0.647. The molecule has 1 unspecified atom stereocenters. The highest BCUT2D eigenvalue weighted by molar-refractivity contribution is 5.73. The van der Waals surface area contributed by atoms with Crippen molar-refractivity contribution in [1.29, 1.82) is 0 Å². The predicted octanol–water partition coefficient (Wildman–Crippen LogP) is 3.49. The van der Waals surface area contributed by atoms with Crippen LogP contribution < -0.4 is 4.74 Å². The Labute approximate surface area is 103 Å². The van der Waals surface area contributed by atoms with E-state index in [4.69, 9.17) is 4.74 Å². The largest absolute Gasteiger partial charge is 0.477 e. The molecule has 17 heavy (non-hydrogen) atoms. The summed E-state index contributed by atoms with van der Waals surface area (Å²) >= 11 is 0. The third kappa shape index (κ3) is 4.98. The zero-order chi connectivity index (χ0) is 12.5. The van der Waals surface area contributed by atoms with Crippen molar-refractivity contribution >= 4 is 6.29 Å². The molecule has 1 rings (SSSR count). The highest BCUT2D eigenvalue weighted by Crippen LogP contribution is 2.15. The number of nitrogens with zero attached hydrogens (tertiary/aromatic N) is 1. The second-order valence-electron chi connectivity index (χ2n) is 4.28. The maximum absolute atomic E-state index is 10.5. The smallest absolute Gasteiger partial charge is 0.213 e. The summed E-state index contributed by atoms with van der Waals surface area (Å²) in [6, 6.07) is 3.47. The number of carbonyl (C=O) groups is 1. The summed E-state index contributed by atoms with van der Waals surface area (Å²) < 4.78 is 5.63. The number of aromatic nitrogens is 1. The zero-order valence-corrected chi connectivity index (χ0v) is 10.7. The standard InChI is InChI=1S/C14H21NO2/c1-3-5-6-12(4-2)11-17-14-8-7-13(10-16)9-15-14/h7-10,12H,3-6,11H2,1-2H3. The molecule has 94 valence electrons. The van der Waals surface area contributed by atoms with Crippen molar-refractivity contribution < 1.29 is 9.53 Å². The molecule has 3 nitrogen and oxygen atoms in total. The van der Waals surface area contributed by atoms with Gasteiger partial charge in [-0.3, -0.25) is 4.79 Å². The summed E-state index contributed by atoms with van der Waals surface area (Å²) in [4.78, 5) is 14.6. The van der Waals surface area contributed by atoms with Gasteiger partial charge >= 0.3 is 0 Å². The second-order valence-corrected chi connectivity index (χ2v) is 4.28. The van der Waals surface area contributed by atoms with E-state index >= 15 is 0 Å². The minimum absolute atomic E-state index is 0.579. The van der Waals surface area contributed by atoms with Crippen molar-refractivity contribution in [3.8, 4) is 5.88 Å². The van der Waals surface area contributed by atoms with Crippen LogP contribution in [0.1, 0.15) is 49.9 Å². The van der Waals surface area contributed by atoms with E-state index < -0.39 is 0 Å². The van der Waals surface area contributed by atoms with E-state index in [2.05, 4.69) is 18.8 Å². The Bertz CT molecular complexity index is 321. The summed E-state index contributed by atoms with van der Waals surface area (Å²) in [5.41, 5.74) is 0.579. The molecule has 0 radical (unpaired) electrons. The average molecular weight is 235 g/mol. The van der Waals surface area contributed by atoms with Gasteiger partial charge in [0.15, 0.2) is 6.29 Å². The highest BCUT2D eigenvalue weighted by Gasteiger charge is 2.07. The number of ether oxygens (including phenoxy) is 1. The van der Waals surface area contributed by atoms with Crippen LogP contribution in [0.3, 0.4) is 0 Å². The molecule has 0 amide bonds. The summed E-state index contributed by atoms with van der Waals surface area (Å²) in [5, 5.41) is 0. The summed E-state index contributed by atoms with van der Waals surface area (Å²) in [5.74, 6) is 1.20. The van der Waals surface area contributed by atoms with Gasteiger partial charge < -0.3 is 4.74 Å². The normalized spacial score (nSPS) is 12.1. The van der Waals surface area contributed by atoms with Crippen LogP contribution in [0.4, 0.5) is 0 Å². The number of rotatable bonds is 8. The minimum Gasteiger partial charge on any atom is -0.477 e. The molecule has 0 fully saturated rings. The number of pyridine rings is 1. The maximum atomic E-state index is 10.5. The third-order valence-corrected chi connectivity index (χ3v) is 2.91. The second kappa shape index (κ2) is 7.82. The molecule has 1 aromatic rings. The monoisotopic (exact) mass is 235 g/mol. The fourth-order valence-corrected chi connectivity index (χ4v) is 1.65. The lowest BCUT2D eigenvalue weighted by atomic mass is 10.0. The van der Waals surface area contributed by atoms with Crippen molar-refractivity contribution in [2.75, 3.05) is 6.61 Å². The number of hydrogen-bond acceptors (Lipinski definition) is 3. The van der Waals surface area contributed by atoms with Crippen molar-refractivity contribution in [2.24, 2.45) is 5.92 Å². The third-order valence-electron chi connectivity index (χ3n) is 2.91. The Morgan fingerprint density at radius 3 is 2.76 bits per heavy atom. The van der Waals surface area contributed by atoms with Crippen LogP contribution in [-0.2, 0) is 0 Å². The molecule has 1 heterocycles. The number of aldehydes is 1. The number of hydrogen-bond donors (Lipinski definition) is 0. The molecule has 0 aliphatic rings. The zero-order valence-electron chi connectivity index (χ0n) is 10.7. The van der Waals surface area contributed by atoms with E-state index in [1.807, 2.05) is 0 Å². The van der Waals surface area contributed by atoms with Gasteiger partial charge in [0.2, 0.25) is 5.88 Å². The molecular weight excluding hydrogens is 214 g/mol. The van der Waals surface area contributed by atoms with Crippen LogP contribution in [0.2, 0.25) is 0 Å². The van der Waals surface area contributed by atoms with Crippen molar-refractivity contribution in [3.05, 3.63) is 23.9 Å². The number of carbonyl (C=O) groups excluding carboxylic acids is 1. The van der Waals surface area contributed by atoms with Crippen molar-refractivity contribution in [3.63, 3.8) is 0 Å². The molecule has 0 saturated carbocycles. The van der Waals surface area contributed by atoms with Crippen LogP contribution in [0.15, 0.2) is 18.3 Å². The first-order valence-electron chi connectivity index (χ1n) is 6.34. The fourth-order valence-electron chi connectivity index (χ4n) is 1.65. The van der Waals surface area contributed by atoms with E-state index in [9.17, 15) is 4.79 Å². The van der Waals surface area contributed by atoms with E-state index in [-0.39, 0.29) is 0 Å². The Kier molecular flexibility index (Phi) is 6.30. The molecule has 1 atom stereocenters. The number of unbranched alkanes of at least 4 members (excludes halogenated alkanes) is 1. The molecule has 0 bridgehead atoms. The molecule has 0 aliphatic carbocycles. The van der Waals surface area contributed by atoms with Crippen LogP contribution >= 0.6 is 0 Å². The van der Waals surface area contributed by atoms with Gasteiger partial charge in [-0.25, -0.2) is 4.98 Å². The lowest BCUT2D eigenvalue weighted by Gasteiger charge is -2.14. The van der Waals surface area contributed by atoms with Gasteiger partial charge in [0.05, 0.1) is 6.61 Å². The Balaban J connectivity index is 2.39. The van der Waals surface area contributed by atoms with Gasteiger partial charge in [-0.05, 0) is 18.4 Å². The molecule has 3 heteroatoms. The van der Waals surface area contributed by atoms with Gasteiger partial charge in [0, 0.05) is 17.8 Å². The summed E-state index contributed by atoms with van der Waals surface area (Å²) in [6.07, 6.45) is 7.14. The van der Waals surface area contributed by atoms with E-state index in [0.29, 0.717) is 24.0 Å². The molecule has 0 spiro atoms. The molecule has 0 N–H and O–H groups in total. The first-order valence-corrected chi connectivity index (χ1v) is 6.34. The SMILES string of the molecule is CCCCC(CC)COc1ccc(C=O)cn1. The van der Waals surface area contributed by atoms with Crippen LogP contribution in [0.5, 0.6) is 5.88 Å². The summed E-state index contributed by atoms with van der Waals surface area (Å²) in [6.45, 7) is 5.10. The van der Waals surface area contributed by atoms with E-state index in [1.54, 1.807) is 12.1 Å². The van der Waals surface area contributed by atoms with E-state index in [0.717, 1.165) is 12.7 Å².